The molecule has 0 aliphatic carbocycles. The van der Waals surface area contributed by atoms with Gasteiger partial charge in [-0.1, -0.05) is 11.6 Å². The fourth-order valence-corrected chi connectivity index (χ4v) is 2.70. The molecule has 1 amide bonds. The van der Waals surface area contributed by atoms with Gasteiger partial charge in [-0.2, -0.15) is 0 Å². The smallest absolute Gasteiger partial charge is 0.238 e. The molecule has 2 unspecified atom stereocenters. The second kappa shape index (κ2) is 7.11. The van der Waals surface area contributed by atoms with E-state index in [1.165, 1.54) is 0 Å². The number of carbonyl (C=O) groups excluding carboxylic acids is 1. The van der Waals surface area contributed by atoms with Crippen molar-refractivity contribution in [3.05, 3.63) is 23.2 Å². The van der Waals surface area contributed by atoms with Crippen LogP contribution in [0.5, 0.6) is 5.75 Å². The number of nitrogens with zero attached hydrogens (tertiary/aromatic N) is 1. The number of nitrogens with one attached hydrogen (secondary N) is 2. The summed E-state index contributed by atoms with van der Waals surface area (Å²) in [7, 11) is 1.56. The molecule has 1 fully saturated rings. The molecule has 116 valence electrons. The summed E-state index contributed by atoms with van der Waals surface area (Å²) in [5.74, 6) is 0.566. The number of methoxy groups -OCH3 is 1. The predicted molar refractivity (Wildman–Crippen MR) is 85.1 cm³/mol. The molecule has 0 spiro atoms. The van der Waals surface area contributed by atoms with Gasteiger partial charge in [-0.25, -0.2) is 0 Å². The van der Waals surface area contributed by atoms with E-state index in [0.29, 0.717) is 35.1 Å². The van der Waals surface area contributed by atoms with Crippen LogP contribution in [0.15, 0.2) is 18.2 Å². The van der Waals surface area contributed by atoms with Crippen LogP contribution in [-0.2, 0) is 4.79 Å². The lowest BCUT2D eigenvalue weighted by Crippen LogP contribution is -2.55. The summed E-state index contributed by atoms with van der Waals surface area (Å²) >= 11 is 6.05. The maximum Gasteiger partial charge on any atom is 0.238 e. The van der Waals surface area contributed by atoms with Gasteiger partial charge in [-0.15, -0.1) is 0 Å². The lowest BCUT2D eigenvalue weighted by Gasteiger charge is -2.36. The number of halogens is 1. The van der Waals surface area contributed by atoms with Crippen LogP contribution in [0.4, 0.5) is 5.69 Å². The third-order valence-electron chi connectivity index (χ3n) is 3.68. The van der Waals surface area contributed by atoms with Gasteiger partial charge in [-0.3, -0.25) is 9.69 Å². The Labute approximate surface area is 130 Å². The van der Waals surface area contributed by atoms with Gasteiger partial charge >= 0.3 is 0 Å². The van der Waals surface area contributed by atoms with Crippen LogP contribution < -0.4 is 15.4 Å². The monoisotopic (exact) mass is 311 g/mol. The molecular weight excluding hydrogens is 290 g/mol. The highest BCUT2D eigenvalue weighted by Gasteiger charge is 2.24. The normalized spacial score (nSPS) is 22.9. The summed E-state index contributed by atoms with van der Waals surface area (Å²) in [6.45, 7) is 6.41. The first-order valence-electron chi connectivity index (χ1n) is 7.10. The molecular formula is C15H22ClN3O2. The molecule has 0 aromatic heterocycles. The molecule has 0 radical (unpaired) electrons. The van der Waals surface area contributed by atoms with E-state index in [2.05, 4.69) is 29.4 Å². The average molecular weight is 312 g/mol. The SMILES string of the molecule is COc1ccc(NC(=O)CN2CC(C)NCC2C)cc1Cl. The van der Waals surface area contributed by atoms with E-state index in [-0.39, 0.29) is 5.91 Å². The van der Waals surface area contributed by atoms with Crippen LogP contribution in [0.1, 0.15) is 13.8 Å². The first-order valence-corrected chi connectivity index (χ1v) is 7.48. The van der Waals surface area contributed by atoms with Gasteiger partial charge in [0, 0.05) is 30.9 Å². The number of hydrogen-bond acceptors (Lipinski definition) is 4. The zero-order valence-electron chi connectivity index (χ0n) is 12.6. The van der Waals surface area contributed by atoms with E-state index in [1.807, 2.05) is 0 Å². The predicted octanol–water partition coefficient (Wildman–Crippen LogP) is 1.97. The van der Waals surface area contributed by atoms with E-state index >= 15 is 0 Å². The van der Waals surface area contributed by atoms with Crippen LogP contribution in [0, 0.1) is 0 Å². The standard InChI is InChI=1S/C15H22ClN3O2/c1-10-8-19(11(2)7-17-10)9-15(20)18-12-4-5-14(21-3)13(16)6-12/h4-6,10-11,17H,7-9H2,1-3H3,(H,18,20). The highest BCUT2D eigenvalue weighted by atomic mass is 35.5. The molecule has 2 rings (SSSR count). The minimum atomic E-state index is -0.0304. The molecule has 1 saturated heterocycles. The lowest BCUT2D eigenvalue weighted by molar-refractivity contribution is -0.118. The van der Waals surface area contributed by atoms with Gasteiger partial charge in [0.25, 0.3) is 0 Å². The summed E-state index contributed by atoms with van der Waals surface area (Å²) in [4.78, 5) is 14.3. The zero-order chi connectivity index (χ0) is 15.4. The summed E-state index contributed by atoms with van der Waals surface area (Å²) < 4.78 is 5.09. The first-order chi connectivity index (χ1) is 9.99. The van der Waals surface area contributed by atoms with Crippen molar-refractivity contribution in [2.75, 3.05) is 32.1 Å². The fraction of sp³-hybridized carbons (Fsp3) is 0.533. The number of hydrogen-bond donors (Lipinski definition) is 2. The Bertz CT molecular complexity index is 510. The van der Waals surface area contributed by atoms with E-state index < -0.39 is 0 Å². The third-order valence-corrected chi connectivity index (χ3v) is 3.97. The Morgan fingerprint density at radius 1 is 1.52 bits per heavy atom. The van der Waals surface area contributed by atoms with Crippen molar-refractivity contribution < 1.29 is 9.53 Å². The molecule has 21 heavy (non-hydrogen) atoms. The molecule has 1 aliphatic rings. The van der Waals surface area contributed by atoms with Gasteiger partial charge in [0.05, 0.1) is 18.7 Å². The van der Waals surface area contributed by atoms with Gasteiger partial charge in [0.1, 0.15) is 5.75 Å². The Morgan fingerprint density at radius 3 is 2.95 bits per heavy atom. The number of anilines is 1. The number of piperazine rings is 1. The van der Waals surface area contributed by atoms with Crippen LogP contribution >= 0.6 is 11.6 Å². The van der Waals surface area contributed by atoms with E-state index in [1.54, 1.807) is 25.3 Å². The van der Waals surface area contributed by atoms with Crippen LogP contribution in [0.3, 0.4) is 0 Å². The van der Waals surface area contributed by atoms with Crippen molar-refractivity contribution in [1.29, 1.82) is 0 Å². The Kier molecular flexibility index (Phi) is 5.45. The lowest BCUT2D eigenvalue weighted by atomic mass is 10.1. The molecule has 1 aromatic carbocycles. The molecule has 0 saturated carbocycles. The molecule has 2 atom stereocenters. The van der Waals surface area contributed by atoms with Crippen LogP contribution in [-0.4, -0.2) is 49.6 Å². The number of benzene rings is 1. The van der Waals surface area contributed by atoms with Crippen LogP contribution in [0.25, 0.3) is 0 Å². The summed E-state index contributed by atoms with van der Waals surface area (Å²) in [6, 6.07) is 5.98. The van der Waals surface area contributed by atoms with Crippen molar-refractivity contribution in [3.8, 4) is 5.75 Å². The van der Waals surface area contributed by atoms with Gasteiger partial charge in [-0.05, 0) is 32.0 Å². The second-order valence-corrected chi connectivity index (χ2v) is 5.89. The third kappa shape index (κ3) is 4.33. The summed E-state index contributed by atoms with van der Waals surface area (Å²) in [6.07, 6.45) is 0. The summed E-state index contributed by atoms with van der Waals surface area (Å²) in [5, 5.41) is 6.76. The van der Waals surface area contributed by atoms with E-state index in [4.69, 9.17) is 16.3 Å². The van der Waals surface area contributed by atoms with Crippen molar-refractivity contribution in [2.45, 2.75) is 25.9 Å². The summed E-state index contributed by atoms with van der Waals surface area (Å²) in [5.41, 5.74) is 0.682. The topological polar surface area (TPSA) is 53.6 Å². The van der Waals surface area contributed by atoms with Crippen LogP contribution in [0.2, 0.25) is 5.02 Å². The zero-order valence-corrected chi connectivity index (χ0v) is 13.4. The first kappa shape index (κ1) is 16.1. The van der Waals surface area contributed by atoms with Crippen molar-refractivity contribution in [1.82, 2.24) is 10.2 Å². The average Bonchev–Trinajstić information content (AvgIpc) is 2.43. The van der Waals surface area contributed by atoms with E-state index in [0.717, 1.165) is 13.1 Å². The minimum Gasteiger partial charge on any atom is -0.495 e. The van der Waals surface area contributed by atoms with Gasteiger partial charge in [0.15, 0.2) is 0 Å². The molecule has 2 N–H and O–H groups in total. The van der Waals surface area contributed by atoms with Gasteiger partial charge in [0.2, 0.25) is 5.91 Å². The Balaban J connectivity index is 1.93. The number of amides is 1. The molecule has 6 heteroatoms. The molecule has 0 bridgehead atoms. The van der Waals surface area contributed by atoms with E-state index in [9.17, 15) is 4.79 Å². The number of rotatable bonds is 4. The van der Waals surface area contributed by atoms with Crippen molar-refractivity contribution in [3.63, 3.8) is 0 Å². The fourth-order valence-electron chi connectivity index (χ4n) is 2.45. The highest BCUT2D eigenvalue weighted by molar-refractivity contribution is 6.32. The van der Waals surface area contributed by atoms with Crippen molar-refractivity contribution in [2.24, 2.45) is 0 Å². The maximum atomic E-state index is 12.2. The van der Waals surface area contributed by atoms with Crippen molar-refractivity contribution >= 4 is 23.2 Å². The largest absolute Gasteiger partial charge is 0.495 e. The molecule has 1 aromatic rings. The molecule has 1 aliphatic heterocycles. The number of ether oxygens (including phenoxy) is 1. The highest BCUT2D eigenvalue weighted by Crippen LogP contribution is 2.27. The molecule has 5 nitrogen and oxygen atoms in total. The minimum absolute atomic E-state index is 0.0304. The Morgan fingerprint density at radius 2 is 2.29 bits per heavy atom. The number of carbonyl (C=O) groups is 1. The Hall–Kier alpha value is -1.30. The molecule has 1 heterocycles. The van der Waals surface area contributed by atoms with Gasteiger partial charge < -0.3 is 15.4 Å². The quantitative estimate of drug-likeness (QED) is 0.892. The second-order valence-electron chi connectivity index (χ2n) is 5.49. The maximum absolute atomic E-state index is 12.2.